The van der Waals surface area contributed by atoms with Gasteiger partial charge in [-0.05, 0) is 40.5 Å². The van der Waals surface area contributed by atoms with Crippen LogP contribution in [0.3, 0.4) is 0 Å². The summed E-state index contributed by atoms with van der Waals surface area (Å²) in [5.41, 5.74) is 2.48. The lowest BCUT2D eigenvalue weighted by Crippen LogP contribution is -1.75. The van der Waals surface area contributed by atoms with Crippen LogP contribution in [0.5, 0.6) is 0 Å². The van der Waals surface area contributed by atoms with Crippen LogP contribution >= 0.6 is 27.7 Å². The topological polar surface area (TPSA) is 15.8 Å². The third kappa shape index (κ3) is 2.08. The quantitative estimate of drug-likeness (QED) is 0.670. The predicted octanol–water partition coefficient (Wildman–Crippen LogP) is 5.39. The predicted molar refractivity (Wildman–Crippen MR) is 81.3 cm³/mol. The van der Waals surface area contributed by atoms with Crippen molar-refractivity contribution < 1.29 is 0 Å². The highest BCUT2D eigenvalue weighted by molar-refractivity contribution is 9.10. The van der Waals surface area contributed by atoms with Crippen molar-refractivity contribution in [1.29, 1.82) is 0 Å². The first-order valence-corrected chi connectivity index (χ1v) is 7.36. The number of aryl methyl sites for hydroxylation is 1. The van der Waals surface area contributed by atoms with E-state index in [0.717, 1.165) is 4.60 Å². The fourth-order valence-corrected chi connectivity index (χ4v) is 3.62. The van der Waals surface area contributed by atoms with Crippen molar-refractivity contribution in [2.75, 3.05) is 0 Å². The van der Waals surface area contributed by atoms with Gasteiger partial charge >= 0.3 is 0 Å². The summed E-state index contributed by atoms with van der Waals surface area (Å²) in [5.74, 6) is 0. The molecule has 0 aliphatic rings. The molecule has 90 valence electrons. The zero-order chi connectivity index (χ0) is 12.5. The van der Waals surface area contributed by atoms with Crippen molar-refractivity contribution in [1.82, 2.24) is 4.98 Å². The number of para-hydroxylation sites is 1. The molecule has 1 nitrogen and oxygen atoms in total. The highest BCUT2D eigenvalue weighted by Gasteiger charge is 2.11. The molecule has 0 spiro atoms. The zero-order valence-electron chi connectivity index (χ0n) is 9.91. The van der Waals surface area contributed by atoms with Gasteiger partial charge in [-0.25, -0.2) is 0 Å². The summed E-state index contributed by atoms with van der Waals surface area (Å²) in [6.07, 6.45) is 0. The fourth-order valence-electron chi connectivity index (χ4n) is 2.01. The molecule has 1 N–H and O–H groups in total. The second-order valence-electron chi connectivity index (χ2n) is 4.18. The van der Waals surface area contributed by atoms with Crippen molar-refractivity contribution in [3.63, 3.8) is 0 Å². The zero-order valence-corrected chi connectivity index (χ0v) is 12.3. The molecule has 0 fully saturated rings. The van der Waals surface area contributed by atoms with Gasteiger partial charge in [0.2, 0.25) is 0 Å². The molecule has 0 bridgehead atoms. The van der Waals surface area contributed by atoms with Crippen molar-refractivity contribution in [3.8, 4) is 0 Å². The average molecular weight is 318 g/mol. The first-order valence-electron chi connectivity index (χ1n) is 5.75. The van der Waals surface area contributed by atoms with Gasteiger partial charge in [-0.3, -0.25) is 0 Å². The van der Waals surface area contributed by atoms with E-state index in [-0.39, 0.29) is 0 Å². The molecule has 1 aromatic heterocycles. The maximum absolute atomic E-state index is 3.62. The summed E-state index contributed by atoms with van der Waals surface area (Å²) in [7, 11) is 0. The Balaban J connectivity index is 2.12. The van der Waals surface area contributed by atoms with Gasteiger partial charge in [0.25, 0.3) is 0 Å². The number of rotatable bonds is 2. The smallest absolute Gasteiger partial charge is 0.0972 e. The van der Waals surface area contributed by atoms with Crippen molar-refractivity contribution in [2.24, 2.45) is 0 Å². The Morgan fingerprint density at radius 3 is 2.56 bits per heavy atom. The molecule has 3 rings (SSSR count). The van der Waals surface area contributed by atoms with E-state index in [1.807, 2.05) is 6.07 Å². The normalized spacial score (nSPS) is 11.0. The molecule has 2 aromatic carbocycles. The van der Waals surface area contributed by atoms with E-state index in [1.54, 1.807) is 11.8 Å². The number of fused-ring (bicyclic) bond motifs is 1. The Kier molecular flexibility index (Phi) is 3.18. The highest BCUT2D eigenvalue weighted by atomic mass is 79.9. The third-order valence-electron chi connectivity index (χ3n) is 2.91. The van der Waals surface area contributed by atoms with Gasteiger partial charge in [-0.2, -0.15) is 0 Å². The van der Waals surface area contributed by atoms with E-state index < -0.39 is 0 Å². The van der Waals surface area contributed by atoms with Crippen LogP contribution in [0.2, 0.25) is 0 Å². The third-order valence-corrected chi connectivity index (χ3v) is 4.91. The maximum Gasteiger partial charge on any atom is 0.0972 e. The van der Waals surface area contributed by atoms with Gasteiger partial charge in [0, 0.05) is 10.3 Å². The number of hydrogen-bond acceptors (Lipinski definition) is 1. The summed E-state index contributed by atoms with van der Waals surface area (Å²) < 4.78 is 1.06. The lowest BCUT2D eigenvalue weighted by Gasteiger charge is -2.01. The summed E-state index contributed by atoms with van der Waals surface area (Å²) in [4.78, 5) is 5.91. The number of aromatic amines is 1. The first-order chi connectivity index (χ1) is 8.75. The number of hydrogen-bond donors (Lipinski definition) is 1. The lowest BCUT2D eigenvalue weighted by atomic mass is 10.2. The Hall–Kier alpha value is -1.19. The molecule has 3 aromatic rings. The molecule has 0 radical (unpaired) electrons. The van der Waals surface area contributed by atoms with Crippen molar-refractivity contribution >= 4 is 38.6 Å². The van der Waals surface area contributed by atoms with Gasteiger partial charge in [-0.15, -0.1) is 0 Å². The number of nitrogens with one attached hydrogen (secondary N) is 1. The lowest BCUT2D eigenvalue weighted by molar-refractivity contribution is 1.32. The fraction of sp³-hybridized carbons (Fsp3) is 0.0667. The Morgan fingerprint density at radius 1 is 1.00 bits per heavy atom. The largest absolute Gasteiger partial charge is 0.348 e. The minimum absolute atomic E-state index is 1.06. The number of halogens is 1. The second-order valence-corrected chi connectivity index (χ2v) is 6.06. The van der Waals surface area contributed by atoms with Crippen LogP contribution in [-0.4, -0.2) is 4.98 Å². The molecule has 0 saturated heterocycles. The monoisotopic (exact) mass is 317 g/mol. The second kappa shape index (κ2) is 4.82. The summed E-state index contributed by atoms with van der Waals surface area (Å²) >= 11 is 5.41. The minimum Gasteiger partial charge on any atom is -0.348 e. The molecule has 1 heterocycles. The Bertz CT molecular complexity index is 688. The van der Waals surface area contributed by atoms with Crippen LogP contribution in [0, 0.1) is 6.92 Å². The molecule has 0 amide bonds. The molecular weight excluding hydrogens is 306 g/mol. The molecule has 0 saturated carbocycles. The van der Waals surface area contributed by atoms with Crippen molar-refractivity contribution in [2.45, 2.75) is 16.7 Å². The van der Waals surface area contributed by atoms with Gasteiger partial charge < -0.3 is 4.98 Å². The SMILES string of the molecule is Cc1cccc2c(Sc3ccccc3)c(Br)[nH]c12. The standard InChI is InChI=1S/C15H12BrNS/c1-10-6-5-9-12-13(10)17-15(16)14(12)18-11-7-3-2-4-8-11/h2-9,17H,1H3. The van der Waals surface area contributed by atoms with Crippen LogP contribution in [0.1, 0.15) is 5.56 Å². The number of benzene rings is 2. The molecule has 3 heteroatoms. The molecule has 0 aliphatic heterocycles. The Labute approximate surface area is 119 Å². The van der Waals surface area contributed by atoms with Crippen molar-refractivity contribution in [3.05, 3.63) is 58.7 Å². The molecule has 0 atom stereocenters. The summed E-state index contributed by atoms with van der Waals surface area (Å²) in [6.45, 7) is 2.13. The van der Waals surface area contributed by atoms with E-state index in [0.29, 0.717) is 0 Å². The molecule has 18 heavy (non-hydrogen) atoms. The van der Waals surface area contributed by atoms with E-state index in [1.165, 1.54) is 26.3 Å². The minimum atomic E-state index is 1.06. The van der Waals surface area contributed by atoms with Gasteiger partial charge in [-0.1, -0.05) is 48.2 Å². The molecule has 0 unspecified atom stereocenters. The van der Waals surface area contributed by atoms with Crippen LogP contribution in [-0.2, 0) is 0 Å². The van der Waals surface area contributed by atoms with Gasteiger partial charge in [0.1, 0.15) is 0 Å². The Morgan fingerprint density at radius 2 is 1.78 bits per heavy atom. The van der Waals surface area contributed by atoms with Crippen LogP contribution in [0.4, 0.5) is 0 Å². The number of H-pyrrole nitrogens is 1. The molecule has 0 aliphatic carbocycles. The molecular formula is C15H12BrNS. The van der Waals surface area contributed by atoms with Crippen LogP contribution < -0.4 is 0 Å². The average Bonchev–Trinajstić information content (AvgIpc) is 2.70. The summed E-state index contributed by atoms with van der Waals surface area (Å²) in [5, 5.41) is 1.27. The van der Waals surface area contributed by atoms with E-state index in [2.05, 4.69) is 70.3 Å². The van der Waals surface area contributed by atoms with Crippen LogP contribution in [0.15, 0.2) is 62.9 Å². The van der Waals surface area contributed by atoms with E-state index in [9.17, 15) is 0 Å². The maximum atomic E-state index is 3.62. The van der Waals surface area contributed by atoms with Crippen LogP contribution in [0.25, 0.3) is 10.9 Å². The highest BCUT2D eigenvalue weighted by Crippen LogP contribution is 2.39. The van der Waals surface area contributed by atoms with Gasteiger partial charge in [0.15, 0.2) is 0 Å². The van der Waals surface area contributed by atoms with Gasteiger partial charge in [0.05, 0.1) is 15.0 Å². The van der Waals surface area contributed by atoms with E-state index >= 15 is 0 Å². The number of aromatic nitrogens is 1. The first kappa shape index (κ1) is 11.9. The summed E-state index contributed by atoms with van der Waals surface area (Å²) in [6, 6.07) is 16.8. The van der Waals surface area contributed by atoms with E-state index in [4.69, 9.17) is 0 Å².